The second-order valence-electron chi connectivity index (χ2n) is 4.01. The molecular formula is C14H16N2O2S. The van der Waals surface area contributed by atoms with Crippen molar-refractivity contribution in [3.63, 3.8) is 0 Å². The van der Waals surface area contributed by atoms with Crippen molar-refractivity contribution in [2.45, 2.75) is 13.8 Å². The molecule has 2 rings (SSSR count). The zero-order valence-electron chi connectivity index (χ0n) is 11.0. The quantitative estimate of drug-likeness (QED) is 0.864. The molecule has 4 nitrogen and oxygen atoms in total. The van der Waals surface area contributed by atoms with Crippen LogP contribution in [0.5, 0.6) is 5.75 Å². The van der Waals surface area contributed by atoms with Crippen molar-refractivity contribution in [2.75, 3.05) is 13.1 Å². The molecule has 19 heavy (non-hydrogen) atoms. The molecule has 5 heteroatoms. The van der Waals surface area contributed by atoms with E-state index in [1.54, 1.807) is 29.2 Å². The fraction of sp³-hybridized carbons (Fsp3) is 0.286. The van der Waals surface area contributed by atoms with Gasteiger partial charge >= 0.3 is 0 Å². The molecule has 100 valence electrons. The maximum absolute atomic E-state index is 12.2. The van der Waals surface area contributed by atoms with Gasteiger partial charge in [-0.15, -0.1) is 0 Å². The van der Waals surface area contributed by atoms with E-state index in [0.717, 1.165) is 10.7 Å². The van der Waals surface area contributed by atoms with Crippen LogP contribution < -0.4 is 0 Å². The van der Waals surface area contributed by atoms with E-state index >= 15 is 0 Å². The van der Waals surface area contributed by atoms with Gasteiger partial charge in [-0.3, -0.25) is 14.7 Å². The minimum absolute atomic E-state index is 0.00669. The van der Waals surface area contributed by atoms with Crippen molar-refractivity contribution in [1.82, 2.24) is 4.90 Å². The molecule has 0 unspecified atom stereocenters. The molecule has 0 aromatic heterocycles. The molecule has 1 aromatic rings. The number of hydrogen-bond donors (Lipinski definition) is 1. The monoisotopic (exact) mass is 276 g/mol. The number of phenols is 1. The van der Waals surface area contributed by atoms with Crippen LogP contribution >= 0.6 is 11.8 Å². The average molecular weight is 276 g/mol. The summed E-state index contributed by atoms with van der Waals surface area (Å²) in [5.41, 5.74) is 0.891. The molecule has 1 heterocycles. The largest absolute Gasteiger partial charge is 0.508 e. The maximum atomic E-state index is 12.2. The van der Waals surface area contributed by atoms with Crippen LogP contribution in [0.1, 0.15) is 19.4 Å². The van der Waals surface area contributed by atoms with E-state index in [4.69, 9.17) is 0 Å². The Hall–Kier alpha value is -1.75. The van der Waals surface area contributed by atoms with Gasteiger partial charge in [0.15, 0.2) is 5.17 Å². The summed E-state index contributed by atoms with van der Waals surface area (Å²) in [6, 6.07) is 6.77. The number of thioether (sulfide) groups is 1. The van der Waals surface area contributed by atoms with Gasteiger partial charge in [-0.25, -0.2) is 0 Å². The third kappa shape index (κ3) is 2.98. The summed E-state index contributed by atoms with van der Waals surface area (Å²) in [7, 11) is 0. The van der Waals surface area contributed by atoms with Gasteiger partial charge < -0.3 is 5.11 Å². The van der Waals surface area contributed by atoms with Crippen LogP contribution in [-0.2, 0) is 4.79 Å². The predicted octanol–water partition coefficient (Wildman–Crippen LogP) is 2.70. The average Bonchev–Trinajstić information content (AvgIpc) is 2.69. The van der Waals surface area contributed by atoms with E-state index in [9.17, 15) is 9.90 Å². The highest BCUT2D eigenvalue weighted by molar-refractivity contribution is 8.18. The normalized spacial score (nSPS) is 19.7. The summed E-state index contributed by atoms with van der Waals surface area (Å²) < 4.78 is 0. The van der Waals surface area contributed by atoms with Crippen molar-refractivity contribution in [3.05, 3.63) is 34.7 Å². The minimum Gasteiger partial charge on any atom is -0.508 e. The lowest BCUT2D eigenvalue weighted by Gasteiger charge is -2.11. The summed E-state index contributed by atoms with van der Waals surface area (Å²) >= 11 is 1.40. The number of nitrogens with zero attached hydrogens (tertiary/aromatic N) is 2. The molecule has 1 N–H and O–H groups in total. The van der Waals surface area contributed by atoms with E-state index < -0.39 is 0 Å². The zero-order valence-corrected chi connectivity index (χ0v) is 11.8. The van der Waals surface area contributed by atoms with Crippen LogP contribution in [0.25, 0.3) is 6.08 Å². The lowest BCUT2D eigenvalue weighted by Crippen LogP contribution is -2.28. The number of carbonyl (C=O) groups excluding carboxylic acids is 1. The fourth-order valence-electron chi connectivity index (χ4n) is 1.76. The second-order valence-corrected chi connectivity index (χ2v) is 5.02. The van der Waals surface area contributed by atoms with Crippen LogP contribution in [0, 0.1) is 0 Å². The Labute approximate surface area is 116 Å². The molecule has 0 saturated carbocycles. The Morgan fingerprint density at radius 3 is 2.58 bits per heavy atom. The molecule has 1 amide bonds. The summed E-state index contributed by atoms with van der Waals surface area (Å²) in [5.74, 6) is 0.212. The number of carbonyl (C=O) groups is 1. The summed E-state index contributed by atoms with van der Waals surface area (Å²) in [6.07, 6.45) is 1.83. The van der Waals surface area contributed by atoms with E-state index in [1.807, 2.05) is 19.9 Å². The molecule has 1 fully saturated rings. The van der Waals surface area contributed by atoms with Crippen molar-refractivity contribution in [2.24, 2.45) is 4.99 Å². The third-order valence-corrected chi connectivity index (χ3v) is 3.73. The lowest BCUT2D eigenvalue weighted by atomic mass is 10.2. The number of benzene rings is 1. The Morgan fingerprint density at radius 2 is 2.00 bits per heavy atom. The van der Waals surface area contributed by atoms with E-state index in [1.165, 1.54) is 11.8 Å². The highest BCUT2D eigenvalue weighted by atomic mass is 32.2. The number of amides is 1. The van der Waals surface area contributed by atoms with Crippen LogP contribution in [0.3, 0.4) is 0 Å². The summed E-state index contributed by atoms with van der Waals surface area (Å²) in [4.78, 5) is 18.9. The molecular weight excluding hydrogens is 260 g/mol. The van der Waals surface area contributed by atoms with Crippen LogP contribution in [0.2, 0.25) is 0 Å². The topological polar surface area (TPSA) is 52.9 Å². The fourth-order valence-corrected chi connectivity index (χ4v) is 2.87. The first-order chi connectivity index (χ1) is 9.15. The van der Waals surface area contributed by atoms with Crippen molar-refractivity contribution >= 4 is 28.9 Å². The van der Waals surface area contributed by atoms with Gasteiger partial charge in [0, 0.05) is 13.1 Å². The first-order valence-electron chi connectivity index (χ1n) is 6.20. The first kappa shape index (κ1) is 13.7. The minimum atomic E-state index is -0.00669. The standard InChI is InChI=1S/C14H16N2O2S/c1-3-15-14-16(4-2)13(18)12(19-14)9-10-5-7-11(17)8-6-10/h5-9,17H,3-4H2,1-2H3. The van der Waals surface area contributed by atoms with Crippen molar-refractivity contribution in [1.29, 1.82) is 0 Å². The molecule has 0 spiro atoms. The maximum Gasteiger partial charge on any atom is 0.266 e. The van der Waals surface area contributed by atoms with Gasteiger partial charge in [-0.05, 0) is 49.4 Å². The third-order valence-electron chi connectivity index (χ3n) is 2.69. The van der Waals surface area contributed by atoms with Gasteiger partial charge in [-0.1, -0.05) is 12.1 Å². The van der Waals surface area contributed by atoms with E-state index in [2.05, 4.69) is 4.99 Å². The Balaban J connectivity index is 2.28. The summed E-state index contributed by atoms with van der Waals surface area (Å²) in [6.45, 7) is 5.18. The first-order valence-corrected chi connectivity index (χ1v) is 7.02. The number of amidine groups is 1. The van der Waals surface area contributed by atoms with Gasteiger partial charge in [0.1, 0.15) is 5.75 Å². The Bertz CT molecular complexity index is 535. The predicted molar refractivity (Wildman–Crippen MR) is 79.0 cm³/mol. The number of phenolic OH excluding ortho intramolecular Hbond substituents is 1. The van der Waals surface area contributed by atoms with E-state index in [0.29, 0.717) is 18.0 Å². The number of hydrogen-bond acceptors (Lipinski definition) is 4. The van der Waals surface area contributed by atoms with Gasteiger partial charge in [-0.2, -0.15) is 0 Å². The molecule has 0 bridgehead atoms. The van der Waals surface area contributed by atoms with Gasteiger partial charge in [0.05, 0.1) is 4.91 Å². The highest BCUT2D eigenvalue weighted by Crippen LogP contribution is 2.32. The number of aromatic hydroxyl groups is 1. The zero-order chi connectivity index (χ0) is 13.8. The van der Waals surface area contributed by atoms with Crippen LogP contribution in [-0.4, -0.2) is 34.2 Å². The van der Waals surface area contributed by atoms with Crippen molar-refractivity contribution < 1.29 is 9.90 Å². The Kier molecular flexibility index (Phi) is 4.27. The summed E-state index contributed by atoms with van der Waals surface area (Å²) in [5, 5.41) is 10.0. The molecule has 0 aliphatic carbocycles. The molecule has 1 saturated heterocycles. The molecule has 1 aromatic carbocycles. The van der Waals surface area contributed by atoms with Crippen LogP contribution in [0.15, 0.2) is 34.2 Å². The smallest absolute Gasteiger partial charge is 0.266 e. The number of likely N-dealkylation sites (N-methyl/N-ethyl adjacent to an activating group) is 1. The molecule has 1 aliphatic heterocycles. The SMILES string of the molecule is CCN=C1SC(=Cc2ccc(O)cc2)C(=O)N1CC. The van der Waals surface area contributed by atoms with Crippen LogP contribution in [0.4, 0.5) is 0 Å². The molecule has 1 aliphatic rings. The molecule has 0 radical (unpaired) electrons. The molecule has 0 atom stereocenters. The Morgan fingerprint density at radius 1 is 1.32 bits per heavy atom. The van der Waals surface area contributed by atoms with Gasteiger partial charge in [0.2, 0.25) is 0 Å². The highest BCUT2D eigenvalue weighted by Gasteiger charge is 2.31. The van der Waals surface area contributed by atoms with Gasteiger partial charge in [0.25, 0.3) is 5.91 Å². The van der Waals surface area contributed by atoms with E-state index in [-0.39, 0.29) is 11.7 Å². The number of aliphatic imine (C=N–C) groups is 1. The number of rotatable bonds is 3. The second kappa shape index (κ2) is 5.93. The van der Waals surface area contributed by atoms with Crippen molar-refractivity contribution in [3.8, 4) is 5.75 Å². The lowest BCUT2D eigenvalue weighted by molar-refractivity contribution is -0.122.